The summed E-state index contributed by atoms with van der Waals surface area (Å²) in [5, 5.41) is 2.86. The first kappa shape index (κ1) is 15.5. The summed E-state index contributed by atoms with van der Waals surface area (Å²) in [7, 11) is 1.75. The molecule has 5 nitrogen and oxygen atoms in total. The summed E-state index contributed by atoms with van der Waals surface area (Å²) in [6, 6.07) is 10.4. The molecule has 0 bridgehead atoms. The van der Waals surface area contributed by atoms with E-state index in [2.05, 4.69) is 53.4 Å². The van der Waals surface area contributed by atoms with Crippen LogP contribution in [0.5, 0.6) is 0 Å². The summed E-state index contributed by atoms with van der Waals surface area (Å²) >= 11 is 0. The highest BCUT2D eigenvalue weighted by Gasteiger charge is 2.42. The number of nitrogens with one attached hydrogen (secondary N) is 1. The van der Waals surface area contributed by atoms with E-state index >= 15 is 0 Å². The molecule has 1 atom stereocenters. The third-order valence-corrected chi connectivity index (χ3v) is 4.56. The molecule has 0 radical (unpaired) electrons. The second kappa shape index (κ2) is 5.99. The van der Waals surface area contributed by atoms with Crippen LogP contribution in [0.15, 0.2) is 42.7 Å². The first-order valence-electron chi connectivity index (χ1n) is 7.85. The molecule has 0 aliphatic carbocycles. The van der Waals surface area contributed by atoms with Crippen molar-refractivity contribution in [2.45, 2.75) is 19.8 Å². The molecule has 1 aromatic carbocycles. The predicted molar refractivity (Wildman–Crippen MR) is 90.4 cm³/mol. The number of hydrogen-bond donors (Lipinski definition) is 1. The number of benzene rings is 1. The van der Waals surface area contributed by atoms with Crippen LogP contribution in [0, 0.1) is 5.41 Å². The van der Waals surface area contributed by atoms with Gasteiger partial charge < -0.3 is 10.2 Å². The monoisotopic (exact) mass is 310 g/mol. The summed E-state index contributed by atoms with van der Waals surface area (Å²) in [5.41, 5.74) is 1.87. The number of hydrogen-bond acceptors (Lipinski definition) is 4. The minimum atomic E-state index is -0.000779. The molecule has 1 aromatic heterocycles. The minimum absolute atomic E-state index is 0.000779. The van der Waals surface area contributed by atoms with Crippen molar-refractivity contribution in [3.05, 3.63) is 53.9 Å². The molecule has 1 N–H and O–H groups in total. The van der Waals surface area contributed by atoms with E-state index in [0.29, 0.717) is 17.4 Å². The van der Waals surface area contributed by atoms with Crippen molar-refractivity contribution >= 4 is 11.9 Å². The number of amides is 1. The van der Waals surface area contributed by atoms with Gasteiger partial charge in [0.15, 0.2) is 0 Å². The summed E-state index contributed by atoms with van der Waals surface area (Å²) in [6.07, 6.45) is 3.17. The minimum Gasteiger partial charge on any atom is -0.357 e. The number of anilines is 1. The third kappa shape index (κ3) is 3.04. The highest BCUT2D eigenvalue weighted by atomic mass is 16.2. The van der Waals surface area contributed by atoms with Gasteiger partial charge >= 0.3 is 0 Å². The molecule has 0 unspecified atom stereocenters. The van der Waals surface area contributed by atoms with Crippen LogP contribution in [-0.2, 0) is 0 Å². The van der Waals surface area contributed by atoms with E-state index < -0.39 is 0 Å². The molecule has 1 saturated heterocycles. The zero-order valence-corrected chi connectivity index (χ0v) is 13.8. The smallest absolute Gasteiger partial charge is 0.257 e. The highest BCUT2D eigenvalue weighted by molar-refractivity contribution is 5.94. The number of nitrogens with zero attached hydrogens (tertiary/aromatic N) is 3. The lowest BCUT2D eigenvalue weighted by atomic mass is 9.78. The van der Waals surface area contributed by atoms with Gasteiger partial charge in [0.2, 0.25) is 5.95 Å². The lowest BCUT2D eigenvalue weighted by Crippen LogP contribution is -2.30. The van der Waals surface area contributed by atoms with Gasteiger partial charge in [0, 0.05) is 38.4 Å². The number of rotatable bonds is 3. The Kier molecular flexibility index (Phi) is 4.03. The van der Waals surface area contributed by atoms with Gasteiger partial charge in [-0.25, -0.2) is 9.97 Å². The van der Waals surface area contributed by atoms with Crippen molar-refractivity contribution in [2.24, 2.45) is 5.41 Å². The van der Waals surface area contributed by atoms with Gasteiger partial charge in [0.25, 0.3) is 5.91 Å². The first-order valence-corrected chi connectivity index (χ1v) is 7.85. The lowest BCUT2D eigenvalue weighted by Gasteiger charge is -2.25. The molecular formula is C18H22N4O. The molecule has 2 heterocycles. The number of likely N-dealkylation sites (tertiary alicyclic amines) is 1. The average Bonchev–Trinajstić information content (AvgIpc) is 2.90. The van der Waals surface area contributed by atoms with Crippen molar-refractivity contribution < 1.29 is 4.79 Å². The number of carbonyl (C=O) groups is 1. The Hall–Kier alpha value is -2.43. The van der Waals surface area contributed by atoms with Gasteiger partial charge in [-0.2, -0.15) is 0 Å². The molecular weight excluding hydrogens is 288 g/mol. The maximum atomic E-state index is 12.7. The van der Waals surface area contributed by atoms with Crippen LogP contribution in [0.3, 0.4) is 0 Å². The molecule has 120 valence electrons. The second-order valence-electron chi connectivity index (χ2n) is 6.68. The topological polar surface area (TPSA) is 58.1 Å². The maximum Gasteiger partial charge on any atom is 0.257 e. The van der Waals surface area contributed by atoms with Crippen molar-refractivity contribution in [1.29, 1.82) is 0 Å². The maximum absolute atomic E-state index is 12.7. The zero-order chi connectivity index (χ0) is 16.4. The van der Waals surface area contributed by atoms with Gasteiger partial charge in [-0.1, -0.05) is 44.2 Å². The molecule has 2 aromatic rings. The van der Waals surface area contributed by atoms with Crippen molar-refractivity contribution in [3.8, 4) is 0 Å². The summed E-state index contributed by atoms with van der Waals surface area (Å²) in [5.74, 6) is 0.856. The first-order chi connectivity index (χ1) is 11.0. The molecule has 1 fully saturated rings. The molecule has 1 amide bonds. The number of carbonyl (C=O) groups excluding carboxylic acids is 1. The van der Waals surface area contributed by atoms with E-state index in [1.165, 1.54) is 5.56 Å². The van der Waals surface area contributed by atoms with Crippen molar-refractivity contribution in [3.63, 3.8) is 0 Å². The quantitative estimate of drug-likeness (QED) is 0.947. The largest absolute Gasteiger partial charge is 0.357 e. The lowest BCUT2D eigenvalue weighted by molar-refractivity contribution is 0.0777. The van der Waals surface area contributed by atoms with Crippen molar-refractivity contribution in [1.82, 2.24) is 14.9 Å². The molecule has 0 spiro atoms. The molecule has 3 rings (SSSR count). The van der Waals surface area contributed by atoms with Crippen molar-refractivity contribution in [2.75, 3.05) is 25.5 Å². The molecule has 1 aliphatic heterocycles. The summed E-state index contributed by atoms with van der Waals surface area (Å²) < 4.78 is 0. The molecule has 0 saturated carbocycles. The zero-order valence-electron chi connectivity index (χ0n) is 13.8. The van der Waals surface area contributed by atoms with E-state index in [1.54, 1.807) is 19.4 Å². The Morgan fingerprint density at radius 2 is 1.87 bits per heavy atom. The summed E-state index contributed by atoms with van der Waals surface area (Å²) in [6.45, 7) is 5.90. The predicted octanol–water partition coefficient (Wildman–Crippen LogP) is 2.78. The van der Waals surface area contributed by atoms with Gasteiger partial charge in [0.05, 0.1) is 5.56 Å². The van der Waals surface area contributed by atoms with Crippen LogP contribution in [0.1, 0.15) is 35.7 Å². The fourth-order valence-electron chi connectivity index (χ4n) is 3.28. The van der Waals surface area contributed by atoms with Crippen LogP contribution in [0.2, 0.25) is 0 Å². The van der Waals surface area contributed by atoms with E-state index in [0.717, 1.165) is 13.1 Å². The fourth-order valence-corrected chi connectivity index (χ4v) is 3.28. The van der Waals surface area contributed by atoms with Crippen LogP contribution in [0.4, 0.5) is 5.95 Å². The Morgan fingerprint density at radius 1 is 1.22 bits per heavy atom. The van der Waals surface area contributed by atoms with Gasteiger partial charge in [-0.05, 0) is 11.0 Å². The standard InChI is InChI=1S/C18H22N4O/c1-18(2)12-22(11-15(18)13-7-5-4-6-8-13)16(23)14-9-20-17(19-3)21-10-14/h4-10,15H,11-12H2,1-3H3,(H,19,20,21)/t15-/m0/s1. The highest BCUT2D eigenvalue weighted by Crippen LogP contribution is 2.42. The Labute approximate surface area is 136 Å². The van der Waals surface area contributed by atoms with E-state index in [4.69, 9.17) is 0 Å². The normalized spacial score (nSPS) is 19.6. The Morgan fingerprint density at radius 3 is 2.48 bits per heavy atom. The van der Waals surface area contributed by atoms with Gasteiger partial charge in [-0.15, -0.1) is 0 Å². The van der Waals surface area contributed by atoms with E-state index in [1.807, 2.05) is 11.0 Å². The third-order valence-electron chi connectivity index (χ3n) is 4.56. The fraction of sp³-hybridized carbons (Fsp3) is 0.389. The van der Waals surface area contributed by atoms with E-state index in [9.17, 15) is 4.79 Å². The van der Waals surface area contributed by atoms with E-state index in [-0.39, 0.29) is 11.3 Å². The van der Waals surface area contributed by atoms with Crippen LogP contribution in [-0.4, -0.2) is 40.9 Å². The van der Waals surface area contributed by atoms with Crippen LogP contribution < -0.4 is 5.32 Å². The molecule has 1 aliphatic rings. The summed E-state index contributed by atoms with van der Waals surface area (Å²) in [4.78, 5) is 22.9. The number of aromatic nitrogens is 2. The average molecular weight is 310 g/mol. The second-order valence-corrected chi connectivity index (χ2v) is 6.68. The Bertz CT molecular complexity index is 682. The van der Waals surface area contributed by atoms with Gasteiger partial charge in [-0.3, -0.25) is 4.79 Å². The molecule has 23 heavy (non-hydrogen) atoms. The SMILES string of the molecule is CNc1ncc(C(=O)N2C[C@@H](c3ccccc3)C(C)(C)C2)cn1. The van der Waals surface area contributed by atoms with Crippen LogP contribution >= 0.6 is 0 Å². The van der Waals surface area contributed by atoms with Crippen LogP contribution in [0.25, 0.3) is 0 Å². The van der Waals surface area contributed by atoms with Gasteiger partial charge in [0.1, 0.15) is 0 Å². The molecule has 5 heteroatoms. The Balaban J connectivity index is 1.80.